The first kappa shape index (κ1) is 27.4. The summed E-state index contributed by atoms with van der Waals surface area (Å²) in [5.74, 6) is -6.17. The predicted molar refractivity (Wildman–Crippen MR) is 135 cm³/mol. The molecule has 1 N–H and O–H groups in total. The molecule has 3 aromatic rings. The zero-order valence-electron chi connectivity index (χ0n) is 21.1. The number of pyridine rings is 1. The highest BCUT2D eigenvalue weighted by Gasteiger charge is 2.63. The van der Waals surface area contributed by atoms with Gasteiger partial charge in [-0.2, -0.15) is 0 Å². The van der Waals surface area contributed by atoms with Gasteiger partial charge in [0.25, 0.3) is 5.91 Å². The SMILES string of the molecule is COC1C(n2cc(-c3cc(F)c(F)c(F)c3)nn2)[C@H]2OC(C)(O)C2O[C@@H]1Sc1cc(Cl)cnc1C(=O)N1CCC1. The number of thioether (sulfide) groups is 1. The van der Waals surface area contributed by atoms with Gasteiger partial charge in [0, 0.05) is 36.9 Å². The van der Waals surface area contributed by atoms with E-state index in [9.17, 15) is 23.1 Å². The Balaban J connectivity index is 1.34. The van der Waals surface area contributed by atoms with Gasteiger partial charge in [-0.15, -0.1) is 5.10 Å². The number of halogens is 4. The van der Waals surface area contributed by atoms with Crippen molar-refractivity contribution in [1.82, 2.24) is 24.9 Å². The van der Waals surface area contributed by atoms with Crippen LogP contribution in [0.5, 0.6) is 0 Å². The van der Waals surface area contributed by atoms with E-state index in [-0.39, 0.29) is 22.9 Å². The van der Waals surface area contributed by atoms with Gasteiger partial charge in [-0.05, 0) is 31.5 Å². The maximum atomic E-state index is 13.9. The number of fused-ring (bicyclic) bond motifs is 1. The van der Waals surface area contributed by atoms with Gasteiger partial charge < -0.3 is 24.2 Å². The Morgan fingerprint density at radius 1 is 1.25 bits per heavy atom. The molecule has 3 saturated heterocycles. The van der Waals surface area contributed by atoms with E-state index in [1.807, 2.05) is 0 Å². The lowest BCUT2D eigenvalue weighted by Gasteiger charge is -2.57. The van der Waals surface area contributed by atoms with Gasteiger partial charge in [0.05, 0.1) is 11.2 Å². The summed E-state index contributed by atoms with van der Waals surface area (Å²) in [6.07, 6.45) is 1.41. The zero-order valence-corrected chi connectivity index (χ0v) is 22.7. The second-order valence-electron chi connectivity index (χ2n) is 9.85. The Morgan fingerprint density at radius 2 is 1.98 bits per heavy atom. The molecule has 3 fully saturated rings. The summed E-state index contributed by atoms with van der Waals surface area (Å²) in [5, 5.41) is 19.2. The van der Waals surface area contributed by atoms with Gasteiger partial charge >= 0.3 is 0 Å². The minimum atomic E-state index is -1.63. The number of ether oxygens (including phenoxy) is 3. The number of hydrogen-bond donors (Lipinski definition) is 1. The van der Waals surface area contributed by atoms with Crippen molar-refractivity contribution in [2.45, 2.75) is 53.8 Å². The lowest BCUT2D eigenvalue weighted by Crippen LogP contribution is -2.72. The third kappa shape index (κ3) is 4.65. The second-order valence-corrected chi connectivity index (χ2v) is 11.4. The van der Waals surface area contributed by atoms with Crippen molar-refractivity contribution < 1.29 is 37.3 Å². The van der Waals surface area contributed by atoms with Crippen LogP contribution in [-0.4, -0.2) is 85.6 Å². The van der Waals surface area contributed by atoms with E-state index in [1.165, 1.54) is 31.1 Å². The number of likely N-dealkylation sites (tertiary alicyclic amines) is 1. The van der Waals surface area contributed by atoms with E-state index in [2.05, 4.69) is 15.3 Å². The Bertz CT molecular complexity index is 1450. The number of hydrogen-bond acceptors (Lipinski definition) is 9. The van der Waals surface area contributed by atoms with Crippen LogP contribution in [0.2, 0.25) is 5.02 Å². The van der Waals surface area contributed by atoms with E-state index in [0.717, 1.165) is 30.3 Å². The van der Waals surface area contributed by atoms with Crippen LogP contribution in [-0.2, 0) is 14.2 Å². The number of nitrogens with zero attached hydrogens (tertiary/aromatic N) is 5. The van der Waals surface area contributed by atoms with Gasteiger partial charge in [-0.25, -0.2) is 22.8 Å². The number of carbonyl (C=O) groups is 1. The molecule has 6 rings (SSSR count). The fourth-order valence-corrected chi connectivity index (χ4v) is 6.53. The summed E-state index contributed by atoms with van der Waals surface area (Å²) in [6, 6.07) is 2.53. The highest BCUT2D eigenvalue weighted by atomic mass is 35.5. The topological polar surface area (TPSA) is 112 Å². The molecule has 5 heterocycles. The molecule has 0 spiro atoms. The van der Waals surface area contributed by atoms with E-state index in [4.69, 9.17) is 25.8 Å². The summed E-state index contributed by atoms with van der Waals surface area (Å²) >= 11 is 7.39. The van der Waals surface area contributed by atoms with E-state index in [0.29, 0.717) is 23.0 Å². The van der Waals surface area contributed by atoms with Crippen LogP contribution in [0.4, 0.5) is 13.2 Å². The normalized spacial score (nSPS) is 29.5. The summed E-state index contributed by atoms with van der Waals surface area (Å²) < 4.78 is 60.4. The molecular formula is C25H23ClF3N5O5S. The van der Waals surface area contributed by atoms with E-state index >= 15 is 0 Å². The lowest BCUT2D eigenvalue weighted by atomic mass is 9.87. The number of rotatable bonds is 6. The molecule has 0 bridgehead atoms. The molecule has 40 heavy (non-hydrogen) atoms. The van der Waals surface area contributed by atoms with Crippen LogP contribution in [0.1, 0.15) is 29.9 Å². The molecule has 4 unspecified atom stereocenters. The molecule has 0 aliphatic carbocycles. The third-order valence-corrected chi connectivity index (χ3v) is 8.58. The highest BCUT2D eigenvalue weighted by molar-refractivity contribution is 8.00. The van der Waals surface area contributed by atoms with Crippen LogP contribution in [0, 0.1) is 17.5 Å². The maximum Gasteiger partial charge on any atom is 0.273 e. The monoisotopic (exact) mass is 597 g/mol. The standard InChI is InChI=1S/C25H23ClF3N5O5S/c1-25(36)22-20(39-25)19(34-10-15(31-32-34)11-6-13(27)17(29)14(28)7-11)21(37-2)24(38-22)40-16-8-12(26)9-30-18(16)23(35)33-4-3-5-33/h6-10,19-22,24,36H,3-5H2,1-2H3/t19?,20-,21?,22?,24-,25?/m1/s1. The van der Waals surface area contributed by atoms with Crippen molar-refractivity contribution in [1.29, 1.82) is 0 Å². The number of carbonyl (C=O) groups excluding carboxylic acids is 1. The largest absolute Gasteiger partial charge is 0.375 e. The average molecular weight is 598 g/mol. The van der Waals surface area contributed by atoms with Gasteiger partial charge in [0.2, 0.25) is 0 Å². The Morgan fingerprint density at radius 3 is 2.60 bits per heavy atom. The Labute approximate surface area is 235 Å². The first-order valence-corrected chi connectivity index (χ1v) is 13.6. The highest BCUT2D eigenvalue weighted by Crippen LogP contribution is 2.50. The fourth-order valence-electron chi connectivity index (χ4n) is 5.03. The van der Waals surface area contributed by atoms with Gasteiger partial charge in [0.15, 0.2) is 23.2 Å². The Hall–Kier alpha value is -2.75. The summed E-state index contributed by atoms with van der Waals surface area (Å²) in [4.78, 5) is 19.5. The summed E-state index contributed by atoms with van der Waals surface area (Å²) in [7, 11) is 1.45. The van der Waals surface area contributed by atoms with E-state index < -0.39 is 53.0 Å². The lowest BCUT2D eigenvalue weighted by molar-refractivity contribution is -0.417. The summed E-state index contributed by atoms with van der Waals surface area (Å²) in [5.41, 5.74) is -0.534. The molecule has 6 atom stereocenters. The molecule has 15 heteroatoms. The zero-order chi connectivity index (χ0) is 28.3. The number of methoxy groups -OCH3 is 1. The van der Waals surface area contributed by atoms with Crippen LogP contribution >= 0.6 is 23.4 Å². The molecule has 2 aromatic heterocycles. The molecule has 1 aromatic carbocycles. The molecule has 1 amide bonds. The molecule has 0 saturated carbocycles. The van der Waals surface area contributed by atoms with Crippen molar-refractivity contribution in [3.8, 4) is 11.3 Å². The van der Waals surface area contributed by atoms with E-state index in [1.54, 1.807) is 11.0 Å². The van der Waals surface area contributed by atoms with Gasteiger partial charge in [0.1, 0.15) is 41.2 Å². The van der Waals surface area contributed by atoms with Crippen molar-refractivity contribution in [3.63, 3.8) is 0 Å². The third-order valence-electron chi connectivity index (χ3n) is 7.20. The average Bonchev–Trinajstić information content (AvgIpc) is 3.36. The molecular weight excluding hydrogens is 575 g/mol. The number of amides is 1. The minimum absolute atomic E-state index is 0.0215. The maximum absolute atomic E-state index is 13.9. The summed E-state index contributed by atoms with van der Waals surface area (Å²) in [6.45, 7) is 2.73. The number of aromatic nitrogens is 4. The second kappa shape index (κ2) is 10.3. The minimum Gasteiger partial charge on any atom is -0.375 e. The first-order valence-electron chi connectivity index (χ1n) is 12.3. The molecule has 3 aliphatic heterocycles. The van der Waals surface area contributed by atoms with Crippen molar-refractivity contribution >= 4 is 29.3 Å². The van der Waals surface area contributed by atoms with Crippen LogP contribution in [0.15, 0.2) is 35.5 Å². The van der Waals surface area contributed by atoms with Crippen molar-refractivity contribution in [3.05, 3.63) is 58.8 Å². The van der Waals surface area contributed by atoms with Gasteiger partial charge in [-0.1, -0.05) is 28.6 Å². The first-order chi connectivity index (χ1) is 19.1. The molecule has 3 aliphatic rings. The van der Waals surface area contributed by atoms with Crippen LogP contribution < -0.4 is 0 Å². The van der Waals surface area contributed by atoms with Crippen molar-refractivity contribution in [2.24, 2.45) is 0 Å². The van der Waals surface area contributed by atoms with Crippen molar-refractivity contribution in [2.75, 3.05) is 20.2 Å². The number of benzene rings is 1. The van der Waals surface area contributed by atoms with Crippen LogP contribution in [0.3, 0.4) is 0 Å². The smallest absolute Gasteiger partial charge is 0.273 e. The Kier molecular flexibility index (Phi) is 7.04. The fraction of sp³-hybridized carbons (Fsp3) is 0.440. The van der Waals surface area contributed by atoms with Crippen LogP contribution in [0.25, 0.3) is 11.3 Å². The van der Waals surface area contributed by atoms with Gasteiger partial charge in [-0.3, -0.25) is 4.79 Å². The predicted octanol–water partition coefficient (Wildman–Crippen LogP) is 3.44. The molecule has 0 radical (unpaired) electrons. The quantitative estimate of drug-likeness (QED) is 0.427. The molecule has 212 valence electrons. The molecule has 10 nitrogen and oxygen atoms in total. The number of aliphatic hydroxyl groups is 1.